The number of esters is 3. The molecular formula is C66H70O13SSi. The van der Waals surface area contributed by atoms with Crippen LogP contribution in [0.5, 0.6) is 0 Å². The fourth-order valence-electron chi connectivity index (χ4n) is 9.15. The lowest BCUT2D eigenvalue weighted by molar-refractivity contribution is -0.333. The smallest absolute Gasteiger partial charge is 0.338 e. The second-order valence-electron chi connectivity index (χ2n) is 21.4. The molecular weight excluding hydrogens is 1060 g/mol. The molecule has 0 aromatic heterocycles. The van der Waals surface area contributed by atoms with E-state index in [0.29, 0.717) is 0 Å². The lowest BCUT2D eigenvalue weighted by Gasteiger charge is -2.48. The van der Waals surface area contributed by atoms with Gasteiger partial charge in [-0.2, -0.15) is 0 Å². The Morgan fingerprint density at radius 1 is 0.420 bits per heavy atom. The average Bonchev–Trinajstić information content (AvgIpc) is 3.68. The molecule has 10 atom stereocenters. The van der Waals surface area contributed by atoms with E-state index in [1.54, 1.807) is 91.0 Å². The zero-order valence-corrected chi connectivity index (χ0v) is 48.0. The third kappa shape index (κ3) is 16.0. The lowest BCUT2D eigenvalue weighted by atomic mass is 9.97. The van der Waals surface area contributed by atoms with Crippen molar-refractivity contribution < 1.29 is 61.4 Å². The summed E-state index contributed by atoms with van der Waals surface area (Å²) in [6.45, 7) is 11.3. The number of ether oxygens (including phenoxy) is 9. The minimum atomic E-state index is -2.42. The molecule has 0 aliphatic carbocycles. The molecule has 2 aliphatic rings. The van der Waals surface area contributed by atoms with Gasteiger partial charge in [-0.25, -0.2) is 14.4 Å². The Balaban J connectivity index is 1.13. The van der Waals surface area contributed by atoms with Gasteiger partial charge in [-0.15, -0.1) is 0 Å². The zero-order valence-electron chi connectivity index (χ0n) is 46.2. The van der Waals surface area contributed by atoms with Crippen molar-refractivity contribution in [3.8, 4) is 0 Å². The van der Waals surface area contributed by atoms with E-state index in [4.69, 9.17) is 47.1 Å². The van der Waals surface area contributed by atoms with Crippen LogP contribution in [0.4, 0.5) is 0 Å². The Morgan fingerprint density at radius 3 is 1.23 bits per heavy atom. The van der Waals surface area contributed by atoms with Crippen molar-refractivity contribution in [2.45, 2.75) is 124 Å². The predicted octanol–water partition coefficient (Wildman–Crippen LogP) is 12.7. The summed E-state index contributed by atoms with van der Waals surface area (Å²) in [5, 5.41) is -0.144. The molecule has 7 aromatic carbocycles. The minimum Gasteiger partial charge on any atom is -0.452 e. The van der Waals surface area contributed by atoms with Crippen LogP contribution in [0.1, 0.15) is 68.5 Å². The summed E-state index contributed by atoms with van der Waals surface area (Å²) in [5.41, 5.74) is 2.39. The van der Waals surface area contributed by atoms with E-state index < -0.39 is 86.8 Å². The molecule has 0 unspecified atom stereocenters. The highest BCUT2D eigenvalue weighted by molar-refractivity contribution is 7.99. The van der Waals surface area contributed by atoms with Gasteiger partial charge in [0.15, 0.2) is 32.9 Å². The second-order valence-corrected chi connectivity index (χ2v) is 27.4. The number of rotatable bonds is 23. The van der Waals surface area contributed by atoms with Gasteiger partial charge in [0, 0.05) is 4.90 Å². The maximum Gasteiger partial charge on any atom is 0.338 e. The molecule has 2 aliphatic heterocycles. The van der Waals surface area contributed by atoms with E-state index >= 15 is 0 Å². The highest BCUT2D eigenvalue weighted by Crippen LogP contribution is 2.41. The van der Waals surface area contributed by atoms with Crippen LogP contribution in [0, 0.1) is 0 Å². The van der Waals surface area contributed by atoms with Gasteiger partial charge in [-0.3, -0.25) is 0 Å². The number of benzene rings is 7. The van der Waals surface area contributed by atoms with Crippen molar-refractivity contribution in [2.75, 3.05) is 13.2 Å². The molecule has 9 rings (SSSR count). The van der Waals surface area contributed by atoms with Crippen LogP contribution in [-0.4, -0.2) is 100.0 Å². The Labute approximate surface area is 480 Å². The van der Waals surface area contributed by atoms with E-state index in [2.05, 4.69) is 33.9 Å². The first kappa shape index (κ1) is 58.9. The predicted molar refractivity (Wildman–Crippen MR) is 311 cm³/mol. The standard InChI is InChI=1S/C66H70O13SSi/c1-66(2,3)81(4,5)74-45-54-55(70-41-46-27-13-6-14-28-46)57(71-42-47-29-15-7-16-30-47)59(72-43-48-31-17-8-18-32-48)64(75-54)73-44-53-56(77-61(67)49-33-19-9-20-34-49)58(78-62(68)50-35-21-10-22-36-50)60(79-63(69)51-37-23-11-24-38-51)65(76-53)80-52-39-25-12-26-40-52/h6-40,53-60,64-65H,41-45H2,1-5H3/t53-,54-,55+,56+,57+,58+,59-,60-,64+,65+/m1/s1. The monoisotopic (exact) mass is 1130 g/mol. The summed E-state index contributed by atoms with van der Waals surface area (Å²) in [6.07, 6.45) is -10.0. The van der Waals surface area contributed by atoms with Crippen LogP contribution in [0.2, 0.25) is 18.1 Å². The molecule has 0 N–H and O–H groups in total. The maximum absolute atomic E-state index is 14.5. The van der Waals surface area contributed by atoms with Gasteiger partial charge in [0.2, 0.25) is 0 Å². The summed E-state index contributed by atoms with van der Waals surface area (Å²) < 4.78 is 68.8. The molecule has 0 amide bonds. The normalized spacial score (nSPS) is 23.0. The Kier molecular flexibility index (Phi) is 20.6. The molecule has 0 radical (unpaired) electrons. The van der Waals surface area contributed by atoms with Crippen LogP contribution in [0.15, 0.2) is 217 Å². The van der Waals surface area contributed by atoms with Crippen LogP contribution >= 0.6 is 11.8 Å². The first-order valence-electron chi connectivity index (χ1n) is 27.3. The van der Waals surface area contributed by atoms with Gasteiger partial charge in [0.25, 0.3) is 0 Å². The summed E-state index contributed by atoms with van der Waals surface area (Å²) in [7, 11) is -2.42. The van der Waals surface area contributed by atoms with Crippen molar-refractivity contribution in [1.82, 2.24) is 0 Å². The Morgan fingerprint density at radius 2 is 0.790 bits per heavy atom. The number of carbonyl (C=O) groups is 3. The van der Waals surface area contributed by atoms with Crippen molar-refractivity contribution in [3.63, 3.8) is 0 Å². The molecule has 13 nitrogen and oxygen atoms in total. The topological polar surface area (TPSA) is 144 Å². The van der Waals surface area contributed by atoms with Crippen LogP contribution in [-0.2, 0) is 66.9 Å². The zero-order chi connectivity index (χ0) is 56.6. The van der Waals surface area contributed by atoms with Gasteiger partial charge < -0.3 is 47.1 Å². The first-order chi connectivity index (χ1) is 39.3. The van der Waals surface area contributed by atoms with Crippen LogP contribution in [0.3, 0.4) is 0 Å². The van der Waals surface area contributed by atoms with Crippen molar-refractivity contribution in [3.05, 3.63) is 246 Å². The van der Waals surface area contributed by atoms with E-state index in [1.807, 2.05) is 121 Å². The third-order valence-electron chi connectivity index (χ3n) is 14.6. The summed E-state index contributed by atoms with van der Waals surface area (Å²) in [6, 6.07) is 64.3. The van der Waals surface area contributed by atoms with Crippen molar-refractivity contribution in [2.24, 2.45) is 0 Å². The molecule has 7 aromatic rings. The largest absolute Gasteiger partial charge is 0.452 e. The fraction of sp³-hybridized carbons (Fsp3) is 0.318. The summed E-state index contributed by atoms with van der Waals surface area (Å²) in [5.74, 6) is -2.20. The number of hydrogen-bond donors (Lipinski definition) is 0. The number of hydrogen-bond acceptors (Lipinski definition) is 14. The van der Waals surface area contributed by atoms with Gasteiger partial charge in [0.05, 0.1) is 49.7 Å². The van der Waals surface area contributed by atoms with E-state index in [-0.39, 0.29) is 54.8 Å². The Bertz CT molecular complexity index is 3030. The minimum absolute atomic E-state index is 0.130. The average molecular weight is 1130 g/mol. The number of carbonyl (C=O) groups excluding carboxylic acids is 3. The molecule has 0 saturated carbocycles. The van der Waals surface area contributed by atoms with E-state index in [0.717, 1.165) is 21.6 Å². The quantitative estimate of drug-likeness (QED) is 0.0340. The Hall–Kier alpha value is -6.76. The van der Waals surface area contributed by atoms with E-state index in [1.165, 1.54) is 11.8 Å². The molecule has 2 fully saturated rings. The van der Waals surface area contributed by atoms with Crippen LogP contribution < -0.4 is 0 Å². The maximum atomic E-state index is 14.5. The van der Waals surface area contributed by atoms with E-state index in [9.17, 15) is 14.4 Å². The van der Waals surface area contributed by atoms with Gasteiger partial charge >= 0.3 is 17.9 Å². The molecule has 81 heavy (non-hydrogen) atoms. The molecule has 2 saturated heterocycles. The number of thioether (sulfide) groups is 1. The SMILES string of the molecule is CC(C)(C)[Si](C)(C)OC[C@H]1O[C@H](OC[C@H]2O[C@@H](Sc3ccccc3)[C@H](OC(=O)c3ccccc3)[C@@H](OC(=O)c3ccccc3)[C@H]2OC(=O)c2ccccc2)[C@H](OCc2ccccc2)[C@@H](OCc2ccccc2)[C@H]1OCc1ccccc1. The van der Waals surface area contributed by atoms with Gasteiger partial charge in [-0.05, 0) is 83.4 Å². The first-order valence-corrected chi connectivity index (χ1v) is 31.1. The summed E-state index contributed by atoms with van der Waals surface area (Å²) >= 11 is 1.25. The molecule has 2 heterocycles. The third-order valence-corrected chi connectivity index (χ3v) is 20.3. The lowest BCUT2D eigenvalue weighted by Crippen LogP contribution is -2.64. The fourth-order valence-corrected chi connectivity index (χ4v) is 11.3. The highest BCUT2D eigenvalue weighted by atomic mass is 32.2. The second kappa shape index (κ2) is 28.3. The molecule has 0 bridgehead atoms. The van der Waals surface area contributed by atoms with Crippen molar-refractivity contribution >= 4 is 38.0 Å². The highest BCUT2D eigenvalue weighted by Gasteiger charge is 2.55. The van der Waals surface area contributed by atoms with Gasteiger partial charge in [-0.1, -0.05) is 196 Å². The molecule has 0 spiro atoms. The van der Waals surface area contributed by atoms with Crippen LogP contribution in [0.25, 0.3) is 0 Å². The van der Waals surface area contributed by atoms with Crippen molar-refractivity contribution in [1.29, 1.82) is 0 Å². The van der Waals surface area contributed by atoms with Gasteiger partial charge in [0.1, 0.15) is 36.0 Å². The summed E-state index contributed by atoms with van der Waals surface area (Å²) in [4.78, 5) is 44.0. The molecule has 422 valence electrons. The molecule has 15 heteroatoms.